The summed E-state index contributed by atoms with van der Waals surface area (Å²) in [6.45, 7) is 0.942. The van der Waals surface area contributed by atoms with Gasteiger partial charge in [-0.3, -0.25) is 9.59 Å². The fourth-order valence-electron chi connectivity index (χ4n) is 2.51. The molecule has 0 aromatic heterocycles. The van der Waals surface area contributed by atoms with Gasteiger partial charge in [0.2, 0.25) is 5.91 Å². The Hall–Kier alpha value is -2.56. The molecule has 1 amide bonds. The van der Waals surface area contributed by atoms with E-state index in [4.69, 9.17) is 9.84 Å². The summed E-state index contributed by atoms with van der Waals surface area (Å²) in [7, 11) is 1.70. The number of hydrogen-bond acceptors (Lipinski definition) is 3. The maximum Gasteiger partial charge on any atom is 0.303 e. The Kier molecular flexibility index (Phi) is 6.61. The quantitative estimate of drug-likeness (QED) is 0.717. The van der Waals surface area contributed by atoms with Gasteiger partial charge in [-0.15, -0.1) is 0 Å². The van der Waals surface area contributed by atoms with E-state index in [-0.39, 0.29) is 12.3 Å². The number of carbonyl (C=O) groups excluding carboxylic acids is 1. The zero-order valence-electron chi connectivity index (χ0n) is 13.9. The van der Waals surface area contributed by atoms with Gasteiger partial charge in [-0.25, -0.2) is 0 Å². The molecule has 0 saturated carbocycles. The van der Waals surface area contributed by atoms with E-state index in [0.717, 1.165) is 16.5 Å². The first-order chi connectivity index (χ1) is 11.6. The molecule has 5 nitrogen and oxygen atoms in total. The van der Waals surface area contributed by atoms with Crippen molar-refractivity contribution in [3.05, 3.63) is 42.5 Å². The maximum atomic E-state index is 12.0. The van der Waals surface area contributed by atoms with Gasteiger partial charge >= 0.3 is 5.97 Å². The van der Waals surface area contributed by atoms with Crippen LogP contribution in [-0.4, -0.2) is 42.1 Å². The van der Waals surface area contributed by atoms with E-state index in [1.165, 1.54) is 0 Å². The summed E-state index contributed by atoms with van der Waals surface area (Å²) in [5, 5.41) is 10.8. The number of hydrogen-bond donors (Lipinski definition) is 1. The molecule has 2 rings (SSSR count). The largest absolute Gasteiger partial charge is 0.493 e. The van der Waals surface area contributed by atoms with Gasteiger partial charge in [0.05, 0.1) is 6.61 Å². The van der Waals surface area contributed by atoms with Gasteiger partial charge in [0.25, 0.3) is 0 Å². The second-order valence-corrected chi connectivity index (χ2v) is 5.74. The number of amides is 1. The molecule has 0 radical (unpaired) electrons. The third kappa shape index (κ3) is 5.26. The van der Waals surface area contributed by atoms with Crippen LogP contribution in [0.4, 0.5) is 0 Å². The van der Waals surface area contributed by atoms with Crippen LogP contribution >= 0.6 is 0 Å². The van der Waals surface area contributed by atoms with Gasteiger partial charge in [0.1, 0.15) is 5.75 Å². The molecule has 0 fully saturated rings. The van der Waals surface area contributed by atoms with Crippen LogP contribution in [0.3, 0.4) is 0 Å². The topological polar surface area (TPSA) is 66.8 Å². The van der Waals surface area contributed by atoms with E-state index in [9.17, 15) is 9.59 Å². The Morgan fingerprint density at radius 1 is 1.04 bits per heavy atom. The number of carboxylic acid groups (broad SMARTS) is 1. The number of ether oxygens (including phenoxy) is 1. The van der Waals surface area contributed by atoms with Crippen molar-refractivity contribution in [2.45, 2.75) is 25.7 Å². The lowest BCUT2D eigenvalue weighted by Crippen LogP contribution is -2.28. The normalized spacial score (nSPS) is 10.5. The van der Waals surface area contributed by atoms with Crippen molar-refractivity contribution in [3.8, 4) is 5.75 Å². The summed E-state index contributed by atoms with van der Waals surface area (Å²) in [6.07, 6.45) is 1.59. The number of carbonyl (C=O) groups is 2. The fourth-order valence-corrected chi connectivity index (χ4v) is 2.51. The van der Waals surface area contributed by atoms with Gasteiger partial charge in [-0.1, -0.05) is 36.4 Å². The SMILES string of the molecule is CN(CCCC(=O)O)C(=O)CCCOc1cccc2ccccc12. The summed E-state index contributed by atoms with van der Waals surface area (Å²) >= 11 is 0. The van der Waals surface area contributed by atoms with Gasteiger partial charge in [0, 0.05) is 31.8 Å². The highest BCUT2D eigenvalue weighted by Gasteiger charge is 2.09. The molecule has 0 aliphatic heterocycles. The number of carboxylic acids is 1. The number of nitrogens with zero attached hydrogens (tertiary/aromatic N) is 1. The van der Waals surface area contributed by atoms with E-state index in [1.807, 2.05) is 42.5 Å². The van der Waals surface area contributed by atoms with Crippen LogP contribution in [0.15, 0.2) is 42.5 Å². The number of benzene rings is 2. The molecule has 2 aromatic carbocycles. The smallest absolute Gasteiger partial charge is 0.303 e. The van der Waals surface area contributed by atoms with Crippen molar-refractivity contribution in [3.63, 3.8) is 0 Å². The molecule has 0 saturated heterocycles. The highest BCUT2D eigenvalue weighted by atomic mass is 16.5. The van der Waals surface area contributed by atoms with Gasteiger partial charge < -0.3 is 14.7 Å². The molecule has 0 unspecified atom stereocenters. The molecule has 1 N–H and O–H groups in total. The Morgan fingerprint density at radius 2 is 1.79 bits per heavy atom. The lowest BCUT2D eigenvalue weighted by molar-refractivity contribution is -0.138. The van der Waals surface area contributed by atoms with Crippen LogP contribution in [0.2, 0.25) is 0 Å². The fraction of sp³-hybridized carbons (Fsp3) is 0.368. The van der Waals surface area contributed by atoms with Crippen LogP contribution in [0, 0.1) is 0 Å². The average Bonchev–Trinajstić information content (AvgIpc) is 2.58. The summed E-state index contributed by atoms with van der Waals surface area (Å²) < 4.78 is 5.81. The molecule has 0 atom stereocenters. The summed E-state index contributed by atoms with van der Waals surface area (Å²) in [5.41, 5.74) is 0. The first-order valence-electron chi connectivity index (χ1n) is 8.14. The predicted molar refractivity (Wildman–Crippen MR) is 93.2 cm³/mol. The third-order valence-corrected chi connectivity index (χ3v) is 3.85. The minimum absolute atomic E-state index is 0.0157. The third-order valence-electron chi connectivity index (χ3n) is 3.85. The molecule has 2 aromatic rings. The molecule has 0 aliphatic carbocycles. The van der Waals surface area contributed by atoms with Crippen molar-refractivity contribution >= 4 is 22.6 Å². The first kappa shape index (κ1) is 17.8. The number of rotatable bonds is 9. The molecule has 0 heterocycles. The summed E-state index contributed by atoms with van der Waals surface area (Å²) in [6, 6.07) is 14.0. The minimum Gasteiger partial charge on any atom is -0.493 e. The highest BCUT2D eigenvalue weighted by Crippen LogP contribution is 2.25. The summed E-state index contributed by atoms with van der Waals surface area (Å²) in [5.74, 6) is 0.0107. The van der Waals surface area contributed by atoms with Crippen molar-refractivity contribution in [2.24, 2.45) is 0 Å². The zero-order valence-corrected chi connectivity index (χ0v) is 13.9. The number of fused-ring (bicyclic) bond motifs is 1. The summed E-state index contributed by atoms with van der Waals surface area (Å²) in [4.78, 5) is 24.0. The Labute approximate surface area is 141 Å². The first-order valence-corrected chi connectivity index (χ1v) is 8.14. The molecular formula is C19H23NO4. The Bertz CT molecular complexity index is 693. The van der Waals surface area contributed by atoms with E-state index < -0.39 is 5.97 Å². The molecule has 5 heteroatoms. The van der Waals surface area contributed by atoms with Crippen molar-refractivity contribution < 1.29 is 19.4 Å². The van der Waals surface area contributed by atoms with Crippen molar-refractivity contribution in [1.29, 1.82) is 0 Å². The second-order valence-electron chi connectivity index (χ2n) is 5.74. The predicted octanol–water partition coefficient (Wildman–Crippen LogP) is 3.32. The van der Waals surface area contributed by atoms with E-state index in [2.05, 4.69) is 0 Å². The molecule has 24 heavy (non-hydrogen) atoms. The van der Waals surface area contributed by atoms with E-state index in [0.29, 0.717) is 32.4 Å². The lowest BCUT2D eigenvalue weighted by atomic mass is 10.1. The molecule has 0 aliphatic rings. The Morgan fingerprint density at radius 3 is 2.58 bits per heavy atom. The van der Waals surface area contributed by atoms with Crippen LogP contribution in [-0.2, 0) is 9.59 Å². The van der Waals surface area contributed by atoms with Crippen molar-refractivity contribution in [2.75, 3.05) is 20.2 Å². The molecular weight excluding hydrogens is 306 g/mol. The van der Waals surface area contributed by atoms with Crippen molar-refractivity contribution in [1.82, 2.24) is 4.90 Å². The van der Waals surface area contributed by atoms with E-state index in [1.54, 1.807) is 11.9 Å². The molecule has 128 valence electrons. The van der Waals surface area contributed by atoms with Crippen LogP contribution in [0.1, 0.15) is 25.7 Å². The lowest BCUT2D eigenvalue weighted by Gasteiger charge is -2.16. The zero-order chi connectivity index (χ0) is 17.4. The second kappa shape index (κ2) is 8.91. The number of aliphatic carboxylic acids is 1. The van der Waals surface area contributed by atoms with Crippen LogP contribution in [0.25, 0.3) is 10.8 Å². The van der Waals surface area contributed by atoms with E-state index >= 15 is 0 Å². The van der Waals surface area contributed by atoms with Crippen LogP contribution < -0.4 is 4.74 Å². The average molecular weight is 329 g/mol. The van der Waals surface area contributed by atoms with Gasteiger partial charge in [-0.2, -0.15) is 0 Å². The van der Waals surface area contributed by atoms with Gasteiger partial charge in [-0.05, 0) is 24.3 Å². The monoisotopic (exact) mass is 329 g/mol. The standard InChI is InChI=1S/C19H23NO4/c1-20(13-5-12-19(22)23)18(21)11-6-14-24-17-10-4-8-15-7-2-3-9-16(15)17/h2-4,7-10H,5-6,11-14H2,1H3,(H,22,23). The minimum atomic E-state index is -0.834. The maximum absolute atomic E-state index is 12.0. The molecule has 0 bridgehead atoms. The highest BCUT2D eigenvalue weighted by molar-refractivity contribution is 5.88. The Balaban J connectivity index is 1.74. The van der Waals surface area contributed by atoms with Gasteiger partial charge in [0.15, 0.2) is 0 Å². The van der Waals surface area contributed by atoms with Crippen LogP contribution in [0.5, 0.6) is 5.75 Å². The molecule has 0 spiro atoms.